The van der Waals surface area contributed by atoms with Crippen molar-refractivity contribution in [1.82, 2.24) is 15.5 Å². The van der Waals surface area contributed by atoms with Gasteiger partial charge in [-0.25, -0.2) is 4.79 Å². The lowest BCUT2D eigenvalue weighted by Gasteiger charge is -2.54. The first kappa shape index (κ1) is 21.4. The molecule has 6 nitrogen and oxygen atoms in total. The Hall–Kier alpha value is -2.34. The fourth-order valence-electron chi connectivity index (χ4n) is 4.60. The molecule has 2 aliphatic rings. The molecule has 0 unspecified atom stereocenters. The number of aliphatic hydroxyl groups excluding tert-OH is 1. The van der Waals surface area contributed by atoms with Crippen LogP contribution in [0, 0.1) is 0 Å². The summed E-state index contributed by atoms with van der Waals surface area (Å²) in [6.07, 6.45) is 7.98. The average Bonchev–Trinajstić information content (AvgIpc) is 2.72. The monoisotopic (exact) mass is 399 g/mol. The number of likely N-dealkylation sites (tertiary alicyclic amines) is 1. The summed E-state index contributed by atoms with van der Waals surface area (Å²) in [6.45, 7) is 4.41. The van der Waals surface area contributed by atoms with Crippen LogP contribution in [0.2, 0.25) is 0 Å². The lowest BCUT2D eigenvalue weighted by Crippen LogP contribution is -2.68. The number of urea groups is 1. The van der Waals surface area contributed by atoms with Gasteiger partial charge in [0.25, 0.3) is 0 Å². The molecule has 1 aliphatic carbocycles. The van der Waals surface area contributed by atoms with Crippen LogP contribution in [0.5, 0.6) is 0 Å². The molecule has 158 valence electrons. The normalized spacial score (nSPS) is 23.8. The van der Waals surface area contributed by atoms with Gasteiger partial charge in [-0.05, 0) is 48.8 Å². The summed E-state index contributed by atoms with van der Waals surface area (Å²) >= 11 is 0. The van der Waals surface area contributed by atoms with E-state index in [0.717, 1.165) is 24.8 Å². The van der Waals surface area contributed by atoms with Crippen LogP contribution in [0.4, 0.5) is 4.79 Å². The van der Waals surface area contributed by atoms with Gasteiger partial charge < -0.3 is 20.6 Å². The van der Waals surface area contributed by atoms with Crippen molar-refractivity contribution in [2.24, 2.45) is 0 Å². The van der Waals surface area contributed by atoms with Gasteiger partial charge in [-0.2, -0.15) is 0 Å². The highest BCUT2D eigenvalue weighted by molar-refractivity contribution is 5.77. The summed E-state index contributed by atoms with van der Waals surface area (Å²) in [4.78, 5) is 25.8. The zero-order valence-electron chi connectivity index (χ0n) is 17.5. The highest BCUT2D eigenvalue weighted by Gasteiger charge is 2.49. The van der Waals surface area contributed by atoms with Crippen LogP contribution in [0.25, 0.3) is 5.57 Å². The predicted octanol–water partition coefficient (Wildman–Crippen LogP) is 3.03. The molecule has 0 saturated carbocycles. The number of hydrogen-bond acceptors (Lipinski definition) is 3. The first-order chi connectivity index (χ1) is 14.1. The Morgan fingerprint density at radius 2 is 1.90 bits per heavy atom. The number of carbonyl (C=O) groups excluding carboxylic acids is 2. The first-order valence-corrected chi connectivity index (χ1v) is 10.8. The molecule has 6 heteroatoms. The Morgan fingerprint density at radius 3 is 2.48 bits per heavy atom. The summed E-state index contributed by atoms with van der Waals surface area (Å²) in [5.74, 6) is -0.0743. The van der Waals surface area contributed by atoms with E-state index < -0.39 is 0 Å². The number of carbonyl (C=O) groups is 2. The van der Waals surface area contributed by atoms with Gasteiger partial charge in [-0.15, -0.1) is 0 Å². The summed E-state index contributed by atoms with van der Waals surface area (Å²) in [7, 11) is 0. The number of nitrogens with zero attached hydrogens (tertiary/aromatic N) is 1. The third-order valence-corrected chi connectivity index (χ3v) is 6.06. The van der Waals surface area contributed by atoms with Crippen LogP contribution < -0.4 is 10.6 Å². The molecule has 29 heavy (non-hydrogen) atoms. The molecule has 1 saturated heterocycles. The Kier molecular flexibility index (Phi) is 7.31. The molecule has 3 N–H and O–H groups in total. The van der Waals surface area contributed by atoms with Crippen LogP contribution in [-0.2, 0) is 4.79 Å². The van der Waals surface area contributed by atoms with Crippen molar-refractivity contribution < 1.29 is 14.7 Å². The van der Waals surface area contributed by atoms with E-state index in [0.29, 0.717) is 13.1 Å². The van der Waals surface area contributed by atoms with Crippen molar-refractivity contribution in [1.29, 1.82) is 0 Å². The molecule has 1 aliphatic heterocycles. The summed E-state index contributed by atoms with van der Waals surface area (Å²) in [6, 6.07) is 7.89. The van der Waals surface area contributed by atoms with E-state index in [2.05, 4.69) is 41.0 Å². The van der Waals surface area contributed by atoms with Crippen LogP contribution in [0.15, 0.2) is 30.3 Å². The topological polar surface area (TPSA) is 81.7 Å². The van der Waals surface area contributed by atoms with Crippen molar-refractivity contribution >= 4 is 17.5 Å². The van der Waals surface area contributed by atoms with Gasteiger partial charge in [0.15, 0.2) is 0 Å². The average molecular weight is 400 g/mol. The van der Waals surface area contributed by atoms with E-state index in [9.17, 15) is 14.7 Å². The van der Waals surface area contributed by atoms with Crippen LogP contribution >= 0.6 is 0 Å². The quantitative estimate of drug-likeness (QED) is 0.659. The van der Waals surface area contributed by atoms with Crippen LogP contribution in [0.1, 0.15) is 63.0 Å². The Morgan fingerprint density at radius 1 is 1.14 bits per heavy atom. The standard InChI is InChI=1S/C23H33N3O3/c1-3-13-24-23(29)25-14-20-22(21(15-27)26(20)16(2)28)19-11-9-18(10-12-19)17-7-5-4-6-8-17/h7,9-12,20-22,27H,3-6,8,13-15H2,1-2H3,(H2,24,25,29)/t20-,21-,22-/m0/s1. The molecule has 0 radical (unpaired) electrons. The smallest absolute Gasteiger partial charge is 0.314 e. The molecule has 0 spiro atoms. The minimum atomic E-state index is -0.252. The number of hydrogen-bond donors (Lipinski definition) is 3. The van der Waals surface area contributed by atoms with E-state index in [1.165, 1.54) is 30.9 Å². The van der Waals surface area contributed by atoms with Crippen molar-refractivity contribution in [2.75, 3.05) is 19.7 Å². The minimum Gasteiger partial charge on any atom is -0.394 e. The number of amides is 3. The number of nitrogens with one attached hydrogen (secondary N) is 2. The third-order valence-electron chi connectivity index (χ3n) is 6.06. The maximum Gasteiger partial charge on any atom is 0.314 e. The van der Waals surface area contributed by atoms with Gasteiger partial charge in [0, 0.05) is 25.9 Å². The summed E-state index contributed by atoms with van der Waals surface area (Å²) < 4.78 is 0. The van der Waals surface area contributed by atoms with Crippen molar-refractivity contribution in [3.63, 3.8) is 0 Å². The van der Waals surface area contributed by atoms with Crippen LogP contribution in [0.3, 0.4) is 0 Å². The number of benzene rings is 1. The van der Waals surface area contributed by atoms with Gasteiger partial charge in [0.05, 0.1) is 18.7 Å². The predicted molar refractivity (Wildman–Crippen MR) is 115 cm³/mol. The largest absolute Gasteiger partial charge is 0.394 e. The molecule has 1 fully saturated rings. The zero-order valence-corrected chi connectivity index (χ0v) is 17.5. The minimum absolute atomic E-state index is 0.00441. The molecule has 1 aromatic carbocycles. The second-order valence-electron chi connectivity index (χ2n) is 8.00. The lowest BCUT2D eigenvalue weighted by molar-refractivity contribution is -0.147. The van der Waals surface area contributed by atoms with Crippen molar-refractivity contribution in [3.8, 4) is 0 Å². The molecule has 3 rings (SSSR count). The maximum absolute atomic E-state index is 12.1. The molecule has 0 bridgehead atoms. The number of allylic oxidation sites excluding steroid dienone is 2. The van der Waals surface area contributed by atoms with Crippen molar-refractivity contribution in [2.45, 2.75) is 64.0 Å². The Labute approximate surface area is 173 Å². The summed E-state index contributed by atoms with van der Waals surface area (Å²) in [5.41, 5.74) is 3.76. The first-order valence-electron chi connectivity index (χ1n) is 10.8. The highest BCUT2D eigenvalue weighted by Crippen LogP contribution is 2.41. The summed E-state index contributed by atoms with van der Waals surface area (Å²) in [5, 5.41) is 15.6. The third kappa shape index (κ3) is 4.81. The Balaban J connectivity index is 1.74. The SMILES string of the molecule is CCCNC(=O)NC[C@H]1[C@H](c2ccc(C3=CCCCC3)cc2)[C@H](CO)N1C(C)=O. The second kappa shape index (κ2) is 9.92. The molecular formula is C23H33N3O3. The molecule has 3 amide bonds. The fourth-order valence-corrected chi connectivity index (χ4v) is 4.60. The molecule has 1 aromatic rings. The van der Waals surface area contributed by atoms with Gasteiger partial charge >= 0.3 is 6.03 Å². The van der Waals surface area contributed by atoms with Gasteiger partial charge in [0.1, 0.15) is 0 Å². The molecule has 3 atom stereocenters. The number of rotatable bonds is 7. The van der Waals surface area contributed by atoms with Gasteiger partial charge in [0.2, 0.25) is 5.91 Å². The van der Waals surface area contributed by atoms with E-state index in [-0.39, 0.29) is 36.5 Å². The zero-order chi connectivity index (χ0) is 20.8. The maximum atomic E-state index is 12.1. The van der Waals surface area contributed by atoms with Crippen molar-refractivity contribution in [3.05, 3.63) is 41.5 Å². The second-order valence-corrected chi connectivity index (χ2v) is 8.00. The van der Waals surface area contributed by atoms with E-state index in [1.54, 1.807) is 4.90 Å². The molecular weight excluding hydrogens is 366 g/mol. The van der Waals surface area contributed by atoms with Gasteiger partial charge in [-0.3, -0.25) is 4.79 Å². The van der Waals surface area contributed by atoms with E-state index in [1.807, 2.05) is 6.92 Å². The van der Waals surface area contributed by atoms with E-state index in [4.69, 9.17) is 0 Å². The van der Waals surface area contributed by atoms with Crippen LogP contribution in [-0.4, -0.2) is 53.7 Å². The fraction of sp³-hybridized carbons (Fsp3) is 0.565. The number of aliphatic hydroxyl groups is 1. The lowest BCUT2D eigenvalue weighted by atomic mass is 9.74. The van der Waals surface area contributed by atoms with E-state index >= 15 is 0 Å². The molecule has 1 heterocycles. The highest BCUT2D eigenvalue weighted by atomic mass is 16.3. The molecule has 0 aromatic heterocycles. The Bertz CT molecular complexity index is 744. The van der Waals surface area contributed by atoms with Gasteiger partial charge in [-0.1, -0.05) is 37.3 Å².